The van der Waals surface area contributed by atoms with E-state index in [1.54, 1.807) is 13.0 Å². The molecule has 0 heterocycles. The first-order valence-corrected chi connectivity index (χ1v) is 6.23. The number of rotatable bonds is 5. The minimum atomic E-state index is -0.321. The van der Waals surface area contributed by atoms with E-state index < -0.39 is 0 Å². The Morgan fingerprint density at radius 3 is 2.72 bits per heavy atom. The predicted octanol–water partition coefficient (Wildman–Crippen LogP) is 3.49. The molecular formula is C15H18FNO. The van der Waals surface area contributed by atoms with Crippen molar-refractivity contribution in [3.63, 3.8) is 0 Å². The summed E-state index contributed by atoms with van der Waals surface area (Å²) < 4.78 is 13.6. The molecule has 1 aliphatic carbocycles. The summed E-state index contributed by atoms with van der Waals surface area (Å²) in [7, 11) is 0. The molecule has 0 aliphatic heterocycles. The molecule has 0 saturated heterocycles. The Labute approximate surface area is 107 Å². The third-order valence-electron chi connectivity index (χ3n) is 3.28. The highest BCUT2D eigenvalue weighted by atomic mass is 19.1. The van der Waals surface area contributed by atoms with E-state index >= 15 is 0 Å². The maximum absolute atomic E-state index is 13.6. The Bertz CT molecular complexity index is 492. The Balaban J connectivity index is 2.48. The van der Waals surface area contributed by atoms with Gasteiger partial charge < -0.3 is 4.90 Å². The molecule has 2 nitrogen and oxygen atoms in total. The number of carbonyl (C=O) groups is 1. The second-order valence-electron chi connectivity index (χ2n) is 4.85. The molecule has 0 atom stereocenters. The summed E-state index contributed by atoms with van der Waals surface area (Å²) in [4.78, 5) is 13.8. The largest absolute Gasteiger partial charge is 0.364 e. The minimum Gasteiger partial charge on any atom is -0.364 e. The van der Waals surface area contributed by atoms with Crippen molar-refractivity contribution < 1.29 is 9.18 Å². The fraction of sp³-hybridized carbons (Fsp3) is 0.400. The van der Waals surface area contributed by atoms with Crippen LogP contribution in [0.1, 0.15) is 35.7 Å². The minimum absolute atomic E-state index is 0.0985. The maximum atomic E-state index is 13.6. The number of ketones is 1. The van der Waals surface area contributed by atoms with Gasteiger partial charge in [0.15, 0.2) is 5.78 Å². The summed E-state index contributed by atoms with van der Waals surface area (Å²) in [5, 5.41) is 0. The van der Waals surface area contributed by atoms with Gasteiger partial charge in [-0.05, 0) is 44.4 Å². The fourth-order valence-electron chi connectivity index (χ4n) is 2.16. The topological polar surface area (TPSA) is 20.3 Å². The Morgan fingerprint density at radius 1 is 1.56 bits per heavy atom. The number of hydrogen-bond acceptors (Lipinski definition) is 2. The van der Waals surface area contributed by atoms with Crippen LogP contribution in [0.15, 0.2) is 24.8 Å². The zero-order chi connectivity index (χ0) is 13.3. The van der Waals surface area contributed by atoms with Crippen LogP contribution in [0.4, 0.5) is 10.1 Å². The molecule has 0 spiro atoms. The molecule has 1 fully saturated rings. The molecule has 1 aliphatic rings. The van der Waals surface area contributed by atoms with Crippen molar-refractivity contribution in [3.05, 3.63) is 41.7 Å². The monoisotopic (exact) mass is 247 g/mol. The van der Waals surface area contributed by atoms with Gasteiger partial charge in [0.05, 0.1) is 0 Å². The van der Waals surface area contributed by atoms with E-state index in [0.29, 0.717) is 23.7 Å². The summed E-state index contributed by atoms with van der Waals surface area (Å²) in [6.45, 7) is 7.64. The van der Waals surface area contributed by atoms with E-state index in [1.165, 1.54) is 13.0 Å². The summed E-state index contributed by atoms with van der Waals surface area (Å²) in [5.74, 6) is -0.420. The van der Waals surface area contributed by atoms with Gasteiger partial charge in [-0.25, -0.2) is 4.39 Å². The predicted molar refractivity (Wildman–Crippen MR) is 71.7 cm³/mol. The number of aryl methyl sites for hydroxylation is 1. The molecule has 0 radical (unpaired) electrons. The van der Waals surface area contributed by atoms with Crippen LogP contribution in [0.2, 0.25) is 0 Å². The lowest BCUT2D eigenvalue weighted by molar-refractivity contribution is 0.101. The molecular weight excluding hydrogens is 229 g/mol. The Morgan fingerprint density at radius 2 is 2.22 bits per heavy atom. The Kier molecular flexibility index (Phi) is 3.50. The number of benzene rings is 1. The fourth-order valence-corrected chi connectivity index (χ4v) is 2.16. The summed E-state index contributed by atoms with van der Waals surface area (Å²) >= 11 is 0. The first kappa shape index (κ1) is 12.8. The van der Waals surface area contributed by atoms with Crippen molar-refractivity contribution in [1.29, 1.82) is 0 Å². The van der Waals surface area contributed by atoms with Crippen molar-refractivity contribution in [2.45, 2.75) is 32.7 Å². The normalized spacial score (nSPS) is 14.4. The molecule has 96 valence electrons. The second kappa shape index (κ2) is 4.92. The molecule has 1 aromatic carbocycles. The first-order chi connectivity index (χ1) is 8.54. The van der Waals surface area contributed by atoms with Crippen LogP contribution < -0.4 is 4.90 Å². The van der Waals surface area contributed by atoms with Gasteiger partial charge >= 0.3 is 0 Å². The van der Waals surface area contributed by atoms with Crippen LogP contribution in [0.5, 0.6) is 0 Å². The molecule has 0 bridgehead atoms. The Hall–Kier alpha value is -1.64. The highest BCUT2D eigenvalue weighted by Gasteiger charge is 2.30. The van der Waals surface area contributed by atoms with Crippen molar-refractivity contribution >= 4 is 11.5 Å². The van der Waals surface area contributed by atoms with E-state index in [-0.39, 0.29) is 11.6 Å². The van der Waals surface area contributed by atoms with Crippen LogP contribution >= 0.6 is 0 Å². The van der Waals surface area contributed by atoms with Crippen molar-refractivity contribution in [2.75, 3.05) is 11.4 Å². The van der Waals surface area contributed by atoms with Gasteiger partial charge in [-0.2, -0.15) is 0 Å². The summed E-state index contributed by atoms with van der Waals surface area (Å²) in [6, 6.07) is 3.59. The number of carbonyl (C=O) groups excluding carboxylic acids is 1. The quantitative estimate of drug-likeness (QED) is 0.586. The second-order valence-corrected chi connectivity index (χ2v) is 4.85. The molecule has 1 saturated carbocycles. The average Bonchev–Trinajstić information content (AvgIpc) is 3.13. The number of halogens is 1. The van der Waals surface area contributed by atoms with Crippen LogP contribution in [-0.4, -0.2) is 18.4 Å². The zero-order valence-electron chi connectivity index (χ0n) is 10.9. The van der Waals surface area contributed by atoms with Gasteiger partial charge in [0.2, 0.25) is 0 Å². The highest BCUT2D eigenvalue weighted by Crippen LogP contribution is 2.34. The maximum Gasteiger partial charge on any atom is 0.161 e. The van der Waals surface area contributed by atoms with E-state index in [2.05, 4.69) is 11.5 Å². The highest BCUT2D eigenvalue weighted by molar-refractivity contribution is 6.00. The van der Waals surface area contributed by atoms with Crippen molar-refractivity contribution in [3.8, 4) is 0 Å². The molecule has 0 unspecified atom stereocenters. The van der Waals surface area contributed by atoms with E-state index in [9.17, 15) is 9.18 Å². The number of hydrogen-bond donors (Lipinski definition) is 0. The molecule has 2 rings (SSSR count). The smallest absolute Gasteiger partial charge is 0.161 e. The molecule has 0 amide bonds. The van der Waals surface area contributed by atoms with E-state index in [1.807, 2.05) is 6.08 Å². The van der Waals surface area contributed by atoms with Gasteiger partial charge in [-0.1, -0.05) is 6.08 Å². The van der Waals surface area contributed by atoms with Gasteiger partial charge in [-0.15, -0.1) is 6.58 Å². The van der Waals surface area contributed by atoms with Crippen LogP contribution in [0.25, 0.3) is 0 Å². The van der Waals surface area contributed by atoms with E-state index in [4.69, 9.17) is 0 Å². The summed E-state index contributed by atoms with van der Waals surface area (Å²) in [5.41, 5.74) is 1.88. The average molecular weight is 247 g/mol. The van der Waals surface area contributed by atoms with Crippen LogP contribution in [0.3, 0.4) is 0 Å². The zero-order valence-corrected chi connectivity index (χ0v) is 10.9. The van der Waals surface area contributed by atoms with Crippen LogP contribution in [0, 0.1) is 12.7 Å². The first-order valence-electron chi connectivity index (χ1n) is 6.23. The lowest BCUT2D eigenvalue weighted by Gasteiger charge is -2.25. The van der Waals surface area contributed by atoms with Gasteiger partial charge in [0.1, 0.15) is 5.82 Å². The van der Waals surface area contributed by atoms with Gasteiger partial charge in [-0.3, -0.25) is 4.79 Å². The molecule has 3 heteroatoms. The lowest BCUT2D eigenvalue weighted by Crippen LogP contribution is -2.27. The van der Waals surface area contributed by atoms with E-state index in [0.717, 1.165) is 18.5 Å². The van der Waals surface area contributed by atoms with Gasteiger partial charge in [0, 0.05) is 23.8 Å². The number of nitrogens with zero attached hydrogens (tertiary/aromatic N) is 1. The summed E-state index contributed by atoms with van der Waals surface area (Å²) in [6.07, 6.45) is 4.07. The molecule has 0 N–H and O–H groups in total. The van der Waals surface area contributed by atoms with Crippen LogP contribution in [-0.2, 0) is 0 Å². The third kappa shape index (κ3) is 2.45. The third-order valence-corrected chi connectivity index (χ3v) is 3.28. The molecule has 0 aromatic heterocycles. The number of anilines is 1. The standard InChI is InChI=1S/C15H18FNO/c1-4-7-17(12-5-6-12)15-8-10(2)14(16)9-13(15)11(3)18/h4,8-9,12H,1,5-7H2,2-3H3. The van der Waals surface area contributed by atoms with Crippen molar-refractivity contribution in [1.82, 2.24) is 0 Å². The van der Waals surface area contributed by atoms with Gasteiger partial charge in [0.25, 0.3) is 0 Å². The molecule has 18 heavy (non-hydrogen) atoms. The SMILES string of the molecule is C=CCN(c1cc(C)c(F)cc1C(C)=O)C1CC1. The molecule has 1 aromatic rings. The lowest BCUT2D eigenvalue weighted by atomic mass is 10.0. The van der Waals surface area contributed by atoms with Crippen molar-refractivity contribution in [2.24, 2.45) is 0 Å². The number of Topliss-reactive ketones (excluding diaryl/α,β-unsaturated/α-hetero) is 1.